The Morgan fingerprint density at radius 1 is 1.12 bits per heavy atom. The van der Waals surface area contributed by atoms with E-state index in [9.17, 15) is 13.2 Å². The summed E-state index contributed by atoms with van der Waals surface area (Å²) in [7, 11) is -3.41. The number of hydrogen-bond donors (Lipinski definition) is 1. The summed E-state index contributed by atoms with van der Waals surface area (Å²) in [6, 6.07) is 10.8. The third-order valence-corrected chi connectivity index (χ3v) is 4.77. The van der Waals surface area contributed by atoms with Gasteiger partial charge in [-0.15, -0.1) is 0 Å². The van der Waals surface area contributed by atoms with Crippen LogP contribution in [0.5, 0.6) is 5.75 Å². The van der Waals surface area contributed by atoms with Gasteiger partial charge in [0.1, 0.15) is 12.4 Å². The number of nitrogens with one attached hydrogen (secondary N) is 1. The molecule has 2 aromatic carbocycles. The van der Waals surface area contributed by atoms with Crippen molar-refractivity contribution in [3.8, 4) is 5.75 Å². The number of benzene rings is 2. The standard InChI is InChI=1S/C16H15Cl2NO4S/c1-24(21,22)13-6-7-15(18)14(10-13)16(20)19-8-9-23-12-4-2-11(17)3-5-12/h2-7,10H,8-9H2,1H3,(H,19,20). The lowest BCUT2D eigenvalue weighted by atomic mass is 10.2. The van der Waals surface area contributed by atoms with Crippen LogP contribution in [0.1, 0.15) is 10.4 Å². The zero-order valence-electron chi connectivity index (χ0n) is 12.8. The van der Waals surface area contributed by atoms with E-state index in [1.54, 1.807) is 24.3 Å². The minimum absolute atomic E-state index is 0.0365. The van der Waals surface area contributed by atoms with Crippen LogP contribution in [0, 0.1) is 0 Å². The zero-order chi connectivity index (χ0) is 17.7. The summed E-state index contributed by atoms with van der Waals surface area (Å²) in [5, 5.41) is 3.42. The number of halogens is 2. The second-order valence-corrected chi connectivity index (χ2v) is 7.83. The Hall–Kier alpha value is -1.76. The largest absolute Gasteiger partial charge is 0.492 e. The zero-order valence-corrected chi connectivity index (χ0v) is 15.1. The van der Waals surface area contributed by atoms with Gasteiger partial charge in [-0.25, -0.2) is 8.42 Å². The van der Waals surface area contributed by atoms with Crippen molar-refractivity contribution in [2.24, 2.45) is 0 Å². The van der Waals surface area contributed by atoms with Crippen LogP contribution >= 0.6 is 23.2 Å². The van der Waals surface area contributed by atoms with Crippen LogP contribution in [-0.4, -0.2) is 33.7 Å². The van der Waals surface area contributed by atoms with E-state index in [-0.39, 0.29) is 28.6 Å². The van der Waals surface area contributed by atoms with Crippen molar-refractivity contribution < 1.29 is 17.9 Å². The second-order valence-electron chi connectivity index (χ2n) is 4.97. The molecule has 0 radical (unpaired) electrons. The van der Waals surface area contributed by atoms with Gasteiger partial charge in [0.25, 0.3) is 5.91 Å². The number of amides is 1. The Labute approximate surface area is 150 Å². The SMILES string of the molecule is CS(=O)(=O)c1ccc(Cl)c(C(=O)NCCOc2ccc(Cl)cc2)c1. The number of sulfone groups is 1. The van der Waals surface area contributed by atoms with Crippen molar-refractivity contribution in [2.75, 3.05) is 19.4 Å². The molecule has 2 aromatic rings. The van der Waals surface area contributed by atoms with Gasteiger partial charge in [-0.05, 0) is 42.5 Å². The molecule has 0 saturated carbocycles. The predicted molar refractivity (Wildman–Crippen MR) is 93.8 cm³/mol. The molecule has 0 fully saturated rings. The highest BCUT2D eigenvalue weighted by molar-refractivity contribution is 7.90. The van der Waals surface area contributed by atoms with E-state index in [1.165, 1.54) is 18.2 Å². The maximum Gasteiger partial charge on any atom is 0.252 e. The lowest BCUT2D eigenvalue weighted by Gasteiger charge is -2.09. The Kier molecular flexibility index (Phi) is 6.10. The fraction of sp³-hybridized carbons (Fsp3) is 0.188. The molecule has 0 aliphatic heterocycles. The van der Waals surface area contributed by atoms with Gasteiger partial charge in [-0.1, -0.05) is 23.2 Å². The molecule has 0 atom stereocenters. The quantitative estimate of drug-likeness (QED) is 0.772. The molecular weight excluding hydrogens is 373 g/mol. The van der Waals surface area contributed by atoms with Crippen LogP contribution < -0.4 is 10.1 Å². The number of carbonyl (C=O) groups is 1. The average molecular weight is 388 g/mol. The smallest absolute Gasteiger partial charge is 0.252 e. The Bertz CT molecular complexity index is 836. The molecule has 0 bridgehead atoms. The second kappa shape index (κ2) is 7.88. The summed E-state index contributed by atoms with van der Waals surface area (Å²) in [5.41, 5.74) is 0.103. The monoisotopic (exact) mass is 387 g/mol. The number of hydrogen-bond acceptors (Lipinski definition) is 4. The Morgan fingerprint density at radius 2 is 1.79 bits per heavy atom. The van der Waals surface area contributed by atoms with Crippen molar-refractivity contribution in [3.63, 3.8) is 0 Å². The van der Waals surface area contributed by atoms with Crippen LogP contribution in [0.3, 0.4) is 0 Å². The van der Waals surface area contributed by atoms with Crippen molar-refractivity contribution in [1.82, 2.24) is 5.32 Å². The first-order chi connectivity index (χ1) is 11.3. The van der Waals surface area contributed by atoms with E-state index in [0.717, 1.165) is 6.26 Å². The van der Waals surface area contributed by atoms with E-state index in [1.807, 2.05) is 0 Å². The molecule has 0 aliphatic carbocycles. The summed E-state index contributed by atoms with van der Waals surface area (Å²) in [4.78, 5) is 12.2. The van der Waals surface area contributed by atoms with Gasteiger partial charge >= 0.3 is 0 Å². The van der Waals surface area contributed by atoms with Crippen molar-refractivity contribution in [3.05, 3.63) is 58.1 Å². The van der Waals surface area contributed by atoms with Crippen molar-refractivity contribution in [2.45, 2.75) is 4.90 Å². The molecule has 2 rings (SSSR count). The minimum Gasteiger partial charge on any atom is -0.492 e. The molecule has 1 amide bonds. The molecule has 0 spiro atoms. The summed E-state index contributed by atoms with van der Waals surface area (Å²) in [6.07, 6.45) is 1.07. The summed E-state index contributed by atoms with van der Waals surface area (Å²) < 4.78 is 28.6. The molecule has 24 heavy (non-hydrogen) atoms. The van der Waals surface area contributed by atoms with E-state index < -0.39 is 15.7 Å². The van der Waals surface area contributed by atoms with Gasteiger partial charge in [-0.2, -0.15) is 0 Å². The normalized spacial score (nSPS) is 11.1. The van der Waals surface area contributed by atoms with E-state index in [4.69, 9.17) is 27.9 Å². The highest BCUT2D eigenvalue weighted by Gasteiger charge is 2.15. The van der Waals surface area contributed by atoms with Gasteiger partial charge in [0.15, 0.2) is 9.84 Å². The molecule has 0 saturated heterocycles. The van der Waals surface area contributed by atoms with E-state index in [2.05, 4.69) is 5.32 Å². The highest BCUT2D eigenvalue weighted by Crippen LogP contribution is 2.20. The fourth-order valence-corrected chi connectivity index (χ4v) is 2.85. The van der Waals surface area contributed by atoms with Gasteiger partial charge in [-0.3, -0.25) is 4.79 Å². The molecule has 0 aromatic heterocycles. The maximum atomic E-state index is 12.1. The highest BCUT2D eigenvalue weighted by atomic mass is 35.5. The number of carbonyl (C=O) groups excluding carboxylic acids is 1. The first-order valence-corrected chi connectivity index (χ1v) is 9.58. The molecular formula is C16H15Cl2NO4S. The average Bonchev–Trinajstić information content (AvgIpc) is 2.52. The van der Waals surface area contributed by atoms with Crippen LogP contribution in [0.25, 0.3) is 0 Å². The van der Waals surface area contributed by atoms with Gasteiger partial charge < -0.3 is 10.1 Å². The topological polar surface area (TPSA) is 72.5 Å². The minimum atomic E-state index is -3.41. The van der Waals surface area contributed by atoms with Crippen LogP contribution in [0.4, 0.5) is 0 Å². The molecule has 1 N–H and O–H groups in total. The van der Waals surface area contributed by atoms with Gasteiger partial charge in [0.2, 0.25) is 0 Å². The van der Waals surface area contributed by atoms with Gasteiger partial charge in [0, 0.05) is 11.3 Å². The third kappa shape index (κ3) is 5.12. The molecule has 0 unspecified atom stereocenters. The van der Waals surface area contributed by atoms with E-state index >= 15 is 0 Å². The maximum absolute atomic E-state index is 12.1. The molecule has 8 heteroatoms. The summed E-state index contributed by atoms with van der Waals surface area (Å²) >= 11 is 11.7. The van der Waals surface area contributed by atoms with E-state index in [0.29, 0.717) is 10.8 Å². The Balaban J connectivity index is 1.94. The number of ether oxygens (including phenoxy) is 1. The summed E-state index contributed by atoms with van der Waals surface area (Å²) in [5.74, 6) is 0.163. The molecule has 0 heterocycles. The third-order valence-electron chi connectivity index (χ3n) is 3.08. The summed E-state index contributed by atoms with van der Waals surface area (Å²) in [6.45, 7) is 0.484. The van der Waals surface area contributed by atoms with Crippen LogP contribution in [0.15, 0.2) is 47.4 Å². The predicted octanol–water partition coefficient (Wildman–Crippen LogP) is 3.21. The van der Waals surface area contributed by atoms with Gasteiger partial charge in [0.05, 0.1) is 22.0 Å². The first-order valence-electron chi connectivity index (χ1n) is 6.93. The first kappa shape index (κ1) is 18.6. The molecule has 128 valence electrons. The lowest BCUT2D eigenvalue weighted by Crippen LogP contribution is -2.28. The number of rotatable bonds is 6. The van der Waals surface area contributed by atoms with Crippen LogP contribution in [-0.2, 0) is 9.84 Å². The van der Waals surface area contributed by atoms with Crippen LogP contribution in [0.2, 0.25) is 10.0 Å². The molecule has 5 nitrogen and oxygen atoms in total. The fourth-order valence-electron chi connectivity index (χ4n) is 1.87. The molecule has 0 aliphatic rings. The Morgan fingerprint density at radius 3 is 2.42 bits per heavy atom. The van der Waals surface area contributed by atoms with Crippen molar-refractivity contribution >= 4 is 38.9 Å². The van der Waals surface area contributed by atoms with Crippen molar-refractivity contribution in [1.29, 1.82) is 0 Å². The lowest BCUT2D eigenvalue weighted by molar-refractivity contribution is 0.0947.